The summed E-state index contributed by atoms with van der Waals surface area (Å²) in [5, 5.41) is 4.71. The number of fused-ring (bicyclic) bond motifs is 1. The number of nitrogens with two attached hydrogens (primary N) is 1. The lowest BCUT2D eigenvalue weighted by Crippen LogP contribution is -2.43. The highest BCUT2D eigenvalue weighted by molar-refractivity contribution is 7.95. The molecular weight excluding hydrogens is 274 g/mol. The molecule has 0 radical (unpaired) electrons. The molecule has 2 aliphatic heterocycles. The summed E-state index contributed by atoms with van der Waals surface area (Å²) in [6.07, 6.45) is 0. The van der Waals surface area contributed by atoms with Crippen LogP contribution >= 0.6 is 0 Å². The van der Waals surface area contributed by atoms with Crippen LogP contribution in [0.2, 0.25) is 0 Å². The van der Waals surface area contributed by atoms with Gasteiger partial charge in [-0.05, 0) is 16.7 Å². The summed E-state index contributed by atoms with van der Waals surface area (Å²) < 4.78 is 24.6. The zero-order valence-corrected chi connectivity index (χ0v) is 12.1. The molecule has 3 N–H and O–H groups in total. The van der Waals surface area contributed by atoms with Gasteiger partial charge in [0.2, 0.25) is 9.84 Å². The van der Waals surface area contributed by atoms with Crippen molar-refractivity contribution < 1.29 is 8.42 Å². The van der Waals surface area contributed by atoms with E-state index < -0.39 is 9.84 Å². The first kappa shape index (κ1) is 13.8. The van der Waals surface area contributed by atoms with Gasteiger partial charge in [0.25, 0.3) is 0 Å². The van der Waals surface area contributed by atoms with Crippen LogP contribution in [-0.2, 0) is 16.4 Å². The summed E-state index contributed by atoms with van der Waals surface area (Å²) in [4.78, 5) is 2.69. The van der Waals surface area contributed by atoms with Gasteiger partial charge in [0.1, 0.15) is 0 Å². The van der Waals surface area contributed by atoms with Crippen LogP contribution in [0.4, 0.5) is 0 Å². The molecule has 1 aromatic rings. The maximum absolute atomic E-state index is 12.3. The highest BCUT2D eigenvalue weighted by Crippen LogP contribution is 2.36. The van der Waals surface area contributed by atoms with Gasteiger partial charge in [-0.3, -0.25) is 4.90 Å². The van der Waals surface area contributed by atoms with E-state index in [1.54, 1.807) is 6.07 Å². The molecule has 0 aromatic heterocycles. The Bertz CT molecular complexity index is 646. The van der Waals surface area contributed by atoms with Crippen molar-refractivity contribution in [2.45, 2.75) is 11.4 Å². The maximum Gasteiger partial charge on any atom is 0.201 e. The van der Waals surface area contributed by atoms with Gasteiger partial charge in [-0.25, -0.2) is 8.42 Å². The molecule has 0 amide bonds. The van der Waals surface area contributed by atoms with Gasteiger partial charge in [-0.2, -0.15) is 0 Å². The van der Waals surface area contributed by atoms with Crippen molar-refractivity contribution >= 4 is 15.4 Å². The SMILES string of the molecule is NCc1cccc2c1S(=O)(=O)C=C2CN1CCNCC1. The molecule has 0 bridgehead atoms. The molecule has 0 saturated carbocycles. The molecule has 3 rings (SSSR count). The largest absolute Gasteiger partial charge is 0.326 e. The van der Waals surface area contributed by atoms with Crippen LogP contribution in [-0.4, -0.2) is 46.0 Å². The molecule has 20 heavy (non-hydrogen) atoms. The fraction of sp³-hybridized carbons (Fsp3) is 0.429. The summed E-state index contributed by atoms with van der Waals surface area (Å²) in [5.41, 5.74) is 8.08. The van der Waals surface area contributed by atoms with Crippen LogP contribution in [0.15, 0.2) is 28.5 Å². The maximum atomic E-state index is 12.3. The molecule has 6 heteroatoms. The van der Waals surface area contributed by atoms with E-state index in [4.69, 9.17) is 5.73 Å². The highest BCUT2D eigenvalue weighted by Gasteiger charge is 2.30. The second-order valence-corrected chi connectivity index (χ2v) is 6.95. The van der Waals surface area contributed by atoms with Crippen molar-refractivity contribution in [1.29, 1.82) is 0 Å². The number of piperazine rings is 1. The van der Waals surface area contributed by atoms with Gasteiger partial charge >= 0.3 is 0 Å². The Morgan fingerprint density at radius 1 is 1.25 bits per heavy atom. The number of hydrogen-bond acceptors (Lipinski definition) is 5. The zero-order valence-electron chi connectivity index (χ0n) is 11.3. The van der Waals surface area contributed by atoms with Crippen LogP contribution in [0.25, 0.3) is 5.57 Å². The number of sulfone groups is 1. The van der Waals surface area contributed by atoms with Crippen LogP contribution in [0.1, 0.15) is 11.1 Å². The van der Waals surface area contributed by atoms with Crippen molar-refractivity contribution in [2.24, 2.45) is 5.73 Å². The molecule has 0 atom stereocenters. The molecule has 1 aromatic carbocycles. The first-order valence-corrected chi connectivity index (χ1v) is 8.37. The molecule has 2 aliphatic rings. The van der Waals surface area contributed by atoms with Gasteiger partial charge in [-0.1, -0.05) is 18.2 Å². The molecule has 0 spiro atoms. The third kappa shape index (κ3) is 2.40. The van der Waals surface area contributed by atoms with E-state index in [-0.39, 0.29) is 6.54 Å². The number of benzene rings is 1. The van der Waals surface area contributed by atoms with E-state index in [2.05, 4.69) is 10.2 Å². The molecule has 1 saturated heterocycles. The summed E-state index contributed by atoms with van der Waals surface area (Å²) in [7, 11) is -3.33. The van der Waals surface area contributed by atoms with E-state index in [1.165, 1.54) is 5.41 Å². The normalized spacial score (nSPS) is 21.6. The minimum atomic E-state index is -3.33. The minimum Gasteiger partial charge on any atom is -0.326 e. The van der Waals surface area contributed by atoms with E-state index in [1.807, 2.05) is 12.1 Å². The van der Waals surface area contributed by atoms with E-state index in [9.17, 15) is 8.42 Å². The Labute approximate surface area is 119 Å². The van der Waals surface area contributed by atoms with Crippen molar-refractivity contribution in [3.05, 3.63) is 34.7 Å². The Hall–Kier alpha value is -1.21. The molecule has 0 unspecified atom stereocenters. The number of rotatable bonds is 3. The molecule has 2 heterocycles. The lowest BCUT2D eigenvalue weighted by atomic mass is 10.0. The quantitative estimate of drug-likeness (QED) is 0.831. The Balaban J connectivity index is 1.95. The van der Waals surface area contributed by atoms with Crippen LogP contribution in [0.5, 0.6) is 0 Å². The smallest absolute Gasteiger partial charge is 0.201 e. The lowest BCUT2D eigenvalue weighted by Gasteiger charge is -2.27. The standard InChI is InChI=1S/C14H19N3O2S/c15-8-11-2-1-3-13-12(10-20(18,19)14(11)13)9-17-6-4-16-5-7-17/h1-3,10,16H,4-9,15H2. The van der Waals surface area contributed by atoms with Crippen LogP contribution in [0, 0.1) is 0 Å². The van der Waals surface area contributed by atoms with Crippen LogP contribution in [0.3, 0.4) is 0 Å². The van der Waals surface area contributed by atoms with Crippen molar-refractivity contribution in [1.82, 2.24) is 10.2 Å². The average molecular weight is 293 g/mol. The van der Waals surface area contributed by atoms with E-state index in [0.717, 1.165) is 37.3 Å². The molecular formula is C14H19N3O2S. The summed E-state index contributed by atoms with van der Waals surface area (Å²) in [6.45, 7) is 4.73. The van der Waals surface area contributed by atoms with Gasteiger partial charge in [-0.15, -0.1) is 0 Å². The number of nitrogens with one attached hydrogen (secondary N) is 1. The summed E-state index contributed by atoms with van der Waals surface area (Å²) in [5.74, 6) is 0. The fourth-order valence-electron chi connectivity index (χ4n) is 2.88. The second kappa shape index (κ2) is 5.29. The summed E-state index contributed by atoms with van der Waals surface area (Å²) in [6, 6.07) is 5.55. The molecule has 1 fully saturated rings. The third-order valence-electron chi connectivity index (χ3n) is 3.85. The van der Waals surface area contributed by atoms with Crippen molar-refractivity contribution in [3.63, 3.8) is 0 Å². The second-order valence-electron chi connectivity index (χ2n) is 5.21. The lowest BCUT2D eigenvalue weighted by molar-refractivity contribution is 0.268. The van der Waals surface area contributed by atoms with Crippen molar-refractivity contribution in [2.75, 3.05) is 32.7 Å². The number of nitrogens with zero attached hydrogens (tertiary/aromatic N) is 1. The Morgan fingerprint density at radius 2 is 2.00 bits per heavy atom. The molecule has 108 valence electrons. The van der Waals surface area contributed by atoms with E-state index >= 15 is 0 Å². The van der Waals surface area contributed by atoms with Gasteiger partial charge < -0.3 is 11.1 Å². The highest BCUT2D eigenvalue weighted by atomic mass is 32.2. The first-order chi connectivity index (χ1) is 9.62. The molecule has 0 aliphatic carbocycles. The molecule has 5 nitrogen and oxygen atoms in total. The topological polar surface area (TPSA) is 75.4 Å². The average Bonchev–Trinajstić information content (AvgIpc) is 2.71. The van der Waals surface area contributed by atoms with Crippen LogP contribution < -0.4 is 11.1 Å². The Kier molecular flexibility index (Phi) is 3.64. The van der Waals surface area contributed by atoms with Gasteiger partial charge in [0.05, 0.1) is 4.90 Å². The predicted molar refractivity (Wildman–Crippen MR) is 78.8 cm³/mol. The number of hydrogen-bond donors (Lipinski definition) is 2. The minimum absolute atomic E-state index is 0.247. The monoisotopic (exact) mass is 293 g/mol. The van der Waals surface area contributed by atoms with Crippen molar-refractivity contribution in [3.8, 4) is 0 Å². The fourth-order valence-corrected chi connectivity index (χ4v) is 4.59. The van der Waals surface area contributed by atoms with E-state index in [0.29, 0.717) is 17.0 Å². The third-order valence-corrected chi connectivity index (χ3v) is 5.49. The van der Waals surface area contributed by atoms with Gasteiger partial charge in [0.15, 0.2) is 0 Å². The van der Waals surface area contributed by atoms with Gasteiger partial charge in [0, 0.05) is 44.7 Å². The Morgan fingerprint density at radius 3 is 2.70 bits per heavy atom. The first-order valence-electron chi connectivity index (χ1n) is 6.83. The summed E-state index contributed by atoms with van der Waals surface area (Å²) >= 11 is 0. The zero-order chi connectivity index (χ0) is 14.2. The predicted octanol–water partition coefficient (Wildman–Crippen LogP) is 0.179.